The van der Waals surface area contributed by atoms with Gasteiger partial charge in [-0.15, -0.1) is 0 Å². The number of likely N-dealkylation sites (tertiary alicyclic amines) is 1. The second-order valence-electron chi connectivity index (χ2n) is 6.41. The molecule has 2 atom stereocenters. The molecule has 2 fully saturated rings. The lowest BCUT2D eigenvalue weighted by Gasteiger charge is -2.22. The van der Waals surface area contributed by atoms with Crippen molar-refractivity contribution < 1.29 is 14.4 Å². The zero-order chi connectivity index (χ0) is 15.8. The zero-order valence-corrected chi connectivity index (χ0v) is 13.2. The maximum absolute atomic E-state index is 10.1. The molecule has 2 aromatic rings. The van der Waals surface area contributed by atoms with Crippen LogP contribution in [0.2, 0.25) is 0 Å². The van der Waals surface area contributed by atoms with Crippen molar-refractivity contribution in [2.75, 3.05) is 13.7 Å². The lowest BCUT2D eigenvalue weighted by molar-refractivity contribution is 0.168. The van der Waals surface area contributed by atoms with E-state index in [2.05, 4.69) is 15.0 Å². The molecule has 2 aliphatic rings. The van der Waals surface area contributed by atoms with E-state index in [9.17, 15) is 5.11 Å². The Morgan fingerprint density at radius 1 is 1.35 bits per heavy atom. The lowest BCUT2D eigenvalue weighted by atomic mass is 10.1. The Hall–Kier alpha value is -1.92. The number of hydrogen-bond acceptors (Lipinski definition) is 6. The first kappa shape index (κ1) is 14.7. The van der Waals surface area contributed by atoms with E-state index in [1.807, 2.05) is 24.3 Å². The number of methoxy groups -OCH3 is 1. The summed E-state index contributed by atoms with van der Waals surface area (Å²) < 4.78 is 10.9. The zero-order valence-electron chi connectivity index (χ0n) is 13.2. The molecule has 6 heteroatoms. The van der Waals surface area contributed by atoms with E-state index in [-0.39, 0.29) is 12.1 Å². The number of β-amino-alcohol motifs (C(OH)–C–C–N with tert-alkyl or cyclic N) is 1. The van der Waals surface area contributed by atoms with Gasteiger partial charge in [-0.25, -0.2) is 0 Å². The number of ether oxygens (including phenoxy) is 1. The monoisotopic (exact) mass is 315 g/mol. The average Bonchev–Trinajstić information content (AvgIpc) is 3.18. The molecule has 2 heterocycles. The Morgan fingerprint density at radius 2 is 2.17 bits per heavy atom. The summed E-state index contributed by atoms with van der Waals surface area (Å²) in [6, 6.07) is 7.92. The molecule has 1 saturated carbocycles. The summed E-state index contributed by atoms with van der Waals surface area (Å²) in [5, 5.41) is 14.2. The van der Waals surface area contributed by atoms with Gasteiger partial charge in [-0.2, -0.15) is 4.98 Å². The van der Waals surface area contributed by atoms with Crippen LogP contribution in [0.5, 0.6) is 5.75 Å². The second-order valence-corrected chi connectivity index (χ2v) is 6.41. The summed E-state index contributed by atoms with van der Waals surface area (Å²) in [6.07, 6.45) is 2.56. The van der Waals surface area contributed by atoms with Gasteiger partial charge in [-0.05, 0) is 25.3 Å². The van der Waals surface area contributed by atoms with Crippen LogP contribution in [0.3, 0.4) is 0 Å². The van der Waals surface area contributed by atoms with Crippen molar-refractivity contribution in [1.82, 2.24) is 15.0 Å². The highest BCUT2D eigenvalue weighted by Crippen LogP contribution is 2.40. The maximum Gasteiger partial charge on any atom is 0.244 e. The molecule has 0 spiro atoms. The van der Waals surface area contributed by atoms with Gasteiger partial charge >= 0.3 is 0 Å². The second kappa shape index (κ2) is 5.94. The molecule has 23 heavy (non-hydrogen) atoms. The summed E-state index contributed by atoms with van der Waals surface area (Å²) in [4.78, 5) is 6.75. The van der Waals surface area contributed by atoms with Crippen LogP contribution in [0.25, 0.3) is 0 Å². The summed E-state index contributed by atoms with van der Waals surface area (Å²) in [5.74, 6) is 2.77. The van der Waals surface area contributed by atoms with E-state index in [1.54, 1.807) is 7.11 Å². The quantitative estimate of drug-likeness (QED) is 0.912. The minimum Gasteiger partial charge on any atom is -0.496 e. The Labute approximate surface area is 135 Å². The highest BCUT2D eigenvalue weighted by molar-refractivity contribution is 5.33. The van der Waals surface area contributed by atoms with Crippen LogP contribution in [-0.4, -0.2) is 39.9 Å². The molecular weight excluding hydrogens is 294 g/mol. The third-order valence-electron chi connectivity index (χ3n) is 4.63. The van der Waals surface area contributed by atoms with E-state index in [4.69, 9.17) is 9.26 Å². The fourth-order valence-electron chi connectivity index (χ4n) is 3.25. The molecule has 1 aliphatic carbocycles. The number of rotatable bonds is 5. The normalized spacial score (nSPS) is 25.0. The molecule has 6 nitrogen and oxygen atoms in total. The largest absolute Gasteiger partial charge is 0.496 e. The third-order valence-corrected chi connectivity index (χ3v) is 4.63. The van der Waals surface area contributed by atoms with Crippen LogP contribution in [0.4, 0.5) is 0 Å². The number of aliphatic hydroxyl groups excluding tert-OH is 1. The van der Waals surface area contributed by atoms with Crippen molar-refractivity contribution in [3.63, 3.8) is 0 Å². The molecule has 0 unspecified atom stereocenters. The fourth-order valence-corrected chi connectivity index (χ4v) is 3.25. The molecular formula is C17H21N3O3. The summed E-state index contributed by atoms with van der Waals surface area (Å²) in [6.45, 7) is 1.29. The minimum atomic E-state index is -0.369. The van der Waals surface area contributed by atoms with E-state index in [0.717, 1.165) is 30.0 Å². The van der Waals surface area contributed by atoms with E-state index in [0.29, 0.717) is 31.3 Å². The Kier molecular flexibility index (Phi) is 3.79. The van der Waals surface area contributed by atoms with Gasteiger partial charge in [-0.3, -0.25) is 4.90 Å². The van der Waals surface area contributed by atoms with Gasteiger partial charge in [0.25, 0.3) is 0 Å². The van der Waals surface area contributed by atoms with Gasteiger partial charge in [0.2, 0.25) is 5.89 Å². The molecule has 1 aliphatic heterocycles. The predicted octanol–water partition coefficient (Wildman–Crippen LogP) is 2.26. The molecule has 122 valence electrons. The Bertz CT molecular complexity index is 683. The first-order valence-electron chi connectivity index (χ1n) is 8.12. The molecule has 1 saturated heterocycles. The average molecular weight is 315 g/mol. The van der Waals surface area contributed by atoms with Crippen molar-refractivity contribution in [2.24, 2.45) is 0 Å². The van der Waals surface area contributed by atoms with Crippen molar-refractivity contribution in [3.05, 3.63) is 41.5 Å². The molecule has 1 aromatic heterocycles. The Morgan fingerprint density at radius 3 is 2.96 bits per heavy atom. The molecule has 1 aromatic carbocycles. The first-order chi connectivity index (χ1) is 11.2. The number of nitrogens with zero attached hydrogens (tertiary/aromatic N) is 3. The molecule has 0 bridgehead atoms. The summed E-state index contributed by atoms with van der Waals surface area (Å²) in [7, 11) is 1.68. The van der Waals surface area contributed by atoms with Crippen LogP contribution in [0.1, 0.15) is 48.5 Å². The predicted molar refractivity (Wildman–Crippen MR) is 83.0 cm³/mol. The molecule has 0 amide bonds. The molecule has 4 rings (SSSR count). The number of aromatic nitrogens is 2. The van der Waals surface area contributed by atoms with Crippen molar-refractivity contribution in [2.45, 2.75) is 43.9 Å². The fraction of sp³-hybridized carbons (Fsp3) is 0.529. The van der Waals surface area contributed by atoms with Crippen LogP contribution >= 0.6 is 0 Å². The SMILES string of the molecule is COc1ccccc1CN1C[C@H](O)C[C@H]1c1nc(C2CC2)no1. The van der Waals surface area contributed by atoms with E-state index >= 15 is 0 Å². The van der Waals surface area contributed by atoms with Crippen molar-refractivity contribution in [1.29, 1.82) is 0 Å². The van der Waals surface area contributed by atoms with Crippen LogP contribution in [-0.2, 0) is 6.54 Å². The van der Waals surface area contributed by atoms with E-state index < -0.39 is 0 Å². The van der Waals surface area contributed by atoms with Crippen LogP contribution in [0, 0.1) is 0 Å². The van der Waals surface area contributed by atoms with Gasteiger partial charge in [0.1, 0.15) is 5.75 Å². The summed E-state index contributed by atoms with van der Waals surface area (Å²) in [5.41, 5.74) is 1.09. The first-order valence-corrected chi connectivity index (χ1v) is 8.12. The van der Waals surface area contributed by atoms with Gasteiger partial charge in [0.15, 0.2) is 5.82 Å². The number of aliphatic hydroxyl groups is 1. The number of para-hydroxylation sites is 1. The smallest absolute Gasteiger partial charge is 0.244 e. The van der Waals surface area contributed by atoms with Crippen molar-refractivity contribution >= 4 is 0 Å². The van der Waals surface area contributed by atoms with Gasteiger partial charge < -0.3 is 14.4 Å². The lowest BCUT2D eigenvalue weighted by Crippen LogP contribution is -2.24. The maximum atomic E-state index is 10.1. The number of benzene rings is 1. The van der Waals surface area contributed by atoms with Crippen LogP contribution < -0.4 is 4.74 Å². The van der Waals surface area contributed by atoms with Gasteiger partial charge in [-0.1, -0.05) is 23.4 Å². The van der Waals surface area contributed by atoms with Gasteiger partial charge in [0, 0.05) is 24.6 Å². The number of hydrogen-bond donors (Lipinski definition) is 1. The molecule has 1 N–H and O–H groups in total. The summed E-state index contributed by atoms with van der Waals surface area (Å²) >= 11 is 0. The van der Waals surface area contributed by atoms with Crippen LogP contribution in [0.15, 0.2) is 28.8 Å². The highest BCUT2D eigenvalue weighted by atomic mass is 16.5. The third kappa shape index (κ3) is 2.96. The minimum absolute atomic E-state index is 0.0325. The van der Waals surface area contributed by atoms with Gasteiger partial charge in [0.05, 0.1) is 19.3 Å². The highest BCUT2D eigenvalue weighted by Gasteiger charge is 2.37. The standard InChI is InChI=1S/C17H21N3O3/c1-22-15-5-3-2-4-12(15)9-20-10-13(21)8-14(20)17-18-16(19-23-17)11-6-7-11/h2-5,11,13-14,21H,6-10H2,1H3/t13-,14+/m1/s1. The van der Waals surface area contributed by atoms with Crippen molar-refractivity contribution in [3.8, 4) is 5.75 Å². The molecule has 0 radical (unpaired) electrons. The van der Waals surface area contributed by atoms with E-state index in [1.165, 1.54) is 0 Å². The Balaban J connectivity index is 1.55. The topological polar surface area (TPSA) is 71.6 Å².